The fraction of sp³-hybridized carbons (Fsp3) is 0.727. The molecule has 1 atom stereocenters. The average Bonchev–Trinajstić information content (AvgIpc) is 2.67. The summed E-state index contributed by atoms with van der Waals surface area (Å²) < 4.78 is 1.69. The summed E-state index contributed by atoms with van der Waals surface area (Å²) in [6, 6.07) is 0. The van der Waals surface area contributed by atoms with Gasteiger partial charge in [0, 0.05) is 38.9 Å². The monoisotopic (exact) mass is 239 g/mol. The maximum atomic E-state index is 9.97. The van der Waals surface area contributed by atoms with E-state index < -0.39 is 6.10 Å². The van der Waals surface area contributed by atoms with Gasteiger partial charge < -0.3 is 15.7 Å². The minimum absolute atomic E-state index is 0.391. The lowest BCUT2D eigenvalue weighted by atomic mass is 10.2. The lowest BCUT2D eigenvalue weighted by Crippen LogP contribution is -2.47. The standard InChI is InChI=1S/C11H21N5O/c1-14-2-4-15(5-3-14)8-11(17)9-16-7-10(12)6-13-16/h6-7,11,17H,2-5,8-9,12H2,1H3. The first-order valence-electron chi connectivity index (χ1n) is 6.00. The van der Waals surface area contributed by atoms with Crippen LogP contribution in [0.15, 0.2) is 12.4 Å². The Morgan fingerprint density at radius 3 is 2.65 bits per heavy atom. The molecule has 0 amide bonds. The maximum Gasteiger partial charge on any atom is 0.0862 e. The second-order valence-electron chi connectivity index (χ2n) is 4.75. The molecule has 17 heavy (non-hydrogen) atoms. The average molecular weight is 239 g/mol. The zero-order valence-corrected chi connectivity index (χ0v) is 10.3. The van der Waals surface area contributed by atoms with Crippen LogP contribution in [-0.4, -0.2) is 70.6 Å². The SMILES string of the molecule is CN1CCN(CC(O)Cn2cc(N)cn2)CC1. The molecule has 1 fully saturated rings. The molecule has 1 aliphatic rings. The first kappa shape index (κ1) is 12.3. The van der Waals surface area contributed by atoms with Crippen molar-refractivity contribution in [3.63, 3.8) is 0 Å². The van der Waals surface area contributed by atoms with Gasteiger partial charge in [0.05, 0.1) is 24.5 Å². The van der Waals surface area contributed by atoms with Gasteiger partial charge in [0.1, 0.15) is 0 Å². The van der Waals surface area contributed by atoms with Crippen molar-refractivity contribution < 1.29 is 5.11 Å². The highest BCUT2D eigenvalue weighted by Crippen LogP contribution is 2.03. The van der Waals surface area contributed by atoms with Crippen LogP contribution in [0.5, 0.6) is 0 Å². The van der Waals surface area contributed by atoms with E-state index in [4.69, 9.17) is 5.73 Å². The number of piperazine rings is 1. The zero-order valence-electron chi connectivity index (χ0n) is 10.3. The van der Waals surface area contributed by atoms with E-state index in [0.717, 1.165) is 26.2 Å². The van der Waals surface area contributed by atoms with Gasteiger partial charge in [-0.05, 0) is 7.05 Å². The smallest absolute Gasteiger partial charge is 0.0862 e. The third-order valence-electron chi connectivity index (χ3n) is 3.12. The third-order valence-corrected chi connectivity index (χ3v) is 3.12. The van der Waals surface area contributed by atoms with Gasteiger partial charge in [-0.1, -0.05) is 0 Å². The number of hydrogen-bond acceptors (Lipinski definition) is 5. The number of nitrogens with zero attached hydrogens (tertiary/aromatic N) is 4. The number of nitrogen functional groups attached to an aromatic ring is 1. The molecule has 6 heteroatoms. The Hall–Kier alpha value is -1.11. The van der Waals surface area contributed by atoms with Crippen molar-refractivity contribution in [2.75, 3.05) is 45.5 Å². The lowest BCUT2D eigenvalue weighted by molar-refractivity contribution is 0.0690. The van der Waals surface area contributed by atoms with Gasteiger partial charge in [-0.3, -0.25) is 9.58 Å². The molecule has 0 saturated carbocycles. The third kappa shape index (κ3) is 3.69. The van der Waals surface area contributed by atoms with Crippen molar-refractivity contribution in [1.29, 1.82) is 0 Å². The van der Waals surface area contributed by atoms with Crippen molar-refractivity contribution in [3.05, 3.63) is 12.4 Å². The van der Waals surface area contributed by atoms with Crippen molar-refractivity contribution in [2.24, 2.45) is 0 Å². The Bertz CT molecular complexity index is 345. The molecule has 0 spiro atoms. The maximum absolute atomic E-state index is 9.97. The molecule has 6 nitrogen and oxygen atoms in total. The highest BCUT2D eigenvalue weighted by Gasteiger charge is 2.17. The highest BCUT2D eigenvalue weighted by atomic mass is 16.3. The quantitative estimate of drug-likeness (QED) is 0.710. The summed E-state index contributed by atoms with van der Waals surface area (Å²) in [6.45, 7) is 5.39. The Balaban J connectivity index is 1.75. The van der Waals surface area contributed by atoms with Crippen molar-refractivity contribution in [3.8, 4) is 0 Å². The predicted molar refractivity (Wildman–Crippen MR) is 66.6 cm³/mol. The van der Waals surface area contributed by atoms with E-state index in [1.54, 1.807) is 17.1 Å². The van der Waals surface area contributed by atoms with Crippen LogP contribution in [0.3, 0.4) is 0 Å². The molecular weight excluding hydrogens is 218 g/mol. The van der Waals surface area contributed by atoms with Gasteiger partial charge in [0.2, 0.25) is 0 Å². The van der Waals surface area contributed by atoms with E-state index >= 15 is 0 Å². The summed E-state index contributed by atoms with van der Waals surface area (Å²) in [5.41, 5.74) is 6.21. The molecule has 1 aromatic heterocycles. The summed E-state index contributed by atoms with van der Waals surface area (Å²) in [5, 5.41) is 14.0. The van der Waals surface area contributed by atoms with Crippen LogP contribution >= 0.6 is 0 Å². The Kier molecular flexibility index (Phi) is 3.98. The van der Waals surface area contributed by atoms with Crippen LogP contribution in [0.1, 0.15) is 0 Å². The highest BCUT2D eigenvalue weighted by molar-refractivity contribution is 5.30. The van der Waals surface area contributed by atoms with Gasteiger partial charge in [-0.25, -0.2) is 0 Å². The van der Waals surface area contributed by atoms with Gasteiger partial charge in [0.25, 0.3) is 0 Å². The normalized spacial score (nSPS) is 20.6. The molecule has 0 aromatic carbocycles. The van der Waals surface area contributed by atoms with E-state index in [9.17, 15) is 5.11 Å². The fourth-order valence-corrected chi connectivity index (χ4v) is 2.08. The zero-order chi connectivity index (χ0) is 12.3. The van der Waals surface area contributed by atoms with Crippen LogP contribution in [0.2, 0.25) is 0 Å². The second kappa shape index (κ2) is 5.48. The molecule has 1 aliphatic heterocycles. The van der Waals surface area contributed by atoms with E-state index in [1.807, 2.05) is 0 Å². The number of likely N-dealkylation sites (N-methyl/N-ethyl adjacent to an activating group) is 1. The second-order valence-corrected chi connectivity index (χ2v) is 4.75. The molecule has 0 bridgehead atoms. The van der Waals surface area contributed by atoms with Crippen LogP contribution in [0.4, 0.5) is 5.69 Å². The van der Waals surface area contributed by atoms with Gasteiger partial charge >= 0.3 is 0 Å². The van der Waals surface area contributed by atoms with E-state index in [1.165, 1.54) is 0 Å². The minimum Gasteiger partial charge on any atom is -0.396 e. The summed E-state index contributed by atoms with van der Waals surface area (Å²) in [6.07, 6.45) is 2.95. The lowest BCUT2D eigenvalue weighted by Gasteiger charge is -2.33. The number of aliphatic hydroxyl groups excluding tert-OH is 1. The van der Waals surface area contributed by atoms with Crippen LogP contribution < -0.4 is 5.73 Å². The molecule has 2 rings (SSSR count). The summed E-state index contributed by atoms with van der Waals surface area (Å²) in [7, 11) is 2.13. The molecule has 0 radical (unpaired) electrons. The first-order chi connectivity index (χ1) is 8.13. The van der Waals surface area contributed by atoms with E-state index in [2.05, 4.69) is 21.9 Å². The summed E-state index contributed by atoms with van der Waals surface area (Å²) in [4.78, 5) is 4.59. The Morgan fingerprint density at radius 1 is 1.35 bits per heavy atom. The van der Waals surface area contributed by atoms with Gasteiger partial charge in [-0.2, -0.15) is 5.10 Å². The van der Waals surface area contributed by atoms with Crippen LogP contribution in [0.25, 0.3) is 0 Å². The minimum atomic E-state index is -0.391. The number of aliphatic hydroxyl groups is 1. The van der Waals surface area contributed by atoms with E-state index in [0.29, 0.717) is 18.8 Å². The molecule has 96 valence electrons. The molecule has 1 saturated heterocycles. The number of aromatic nitrogens is 2. The predicted octanol–water partition coefficient (Wildman–Crippen LogP) is -0.926. The molecule has 3 N–H and O–H groups in total. The van der Waals surface area contributed by atoms with Crippen LogP contribution in [-0.2, 0) is 6.54 Å². The molecule has 1 aromatic rings. The topological polar surface area (TPSA) is 70.5 Å². The first-order valence-corrected chi connectivity index (χ1v) is 6.00. The van der Waals surface area contributed by atoms with Gasteiger partial charge in [-0.15, -0.1) is 0 Å². The Morgan fingerprint density at radius 2 is 2.06 bits per heavy atom. The molecule has 1 unspecified atom stereocenters. The van der Waals surface area contributed by atoms with Crippen LogP contribution in [0, 0.1) is 0 Å². The summed E-state index contributed by atoms with van der Waals surface area (Å²) in [5.74, 6) is 0. The number of anilines is 1. The van der Waals surface area contributed by atoms with Crippen molar-refractivity contribution in [1.82, 2.24) is 19.6 Å². The van der Waals surface area contributed by atoms with Gasteiger partial charge in [0.15, 0.2) is 0 Å². The molecular formula is C11H21N5O. The number of hydrogen-bond donors (Lipinski definition) is 2. The molecule has 2 heterocycles. The Labute approximate surface area is 102 Å². The largest absolute Gasteiger partial charge is 0.396 e. The van der Waals surface area contributed by atoms with Crippen molar-refractivity contribution >= 4 is 5.69 Å². The molecule has 0 aliphatic carbocycles. The van der Waals surface area contributed by atoms with Crippen molar-refractivity contribution in [2.45, 2.75) is 12.6 Å². The van der Waals surface area contributed by atoms with E-state index in [-0.39, 0.29) is 0 Å². The summed E-state index contributed by atoms with van der Waals surface area (Å²) >= 11 is 0. The number of nitrogens with two attached hydrogens (primary N) is 1. The number of rotatable bonds is 4. The number of β-amino-alcohol motifs (C(OH)–C–C–N with tert-alkyl or cyclic N) is 1. The fourth-order valence-electron chi connectivity index (χ4n) is 2.08.